The molecule has 0 radical (unpaired) electrons. The monoisotopic (exact) mass is 552 g/mol. The van der Waals surface area contributed by atoms with Crippen LogP contribution >= 0.6 is 11.6 Å². The maximum absolute atomic E-state index is 14.6. The molecule has 38 heavy (non-hydrogen) atoms. The predicted molar refractivity (Wildman–Crippen MR) is 148 cm³/mol. The quantitative estimate of drug-likeness (QED) is 0.357. The Morgan fingerprint density at radius 3 is 2.68 bits per heavy atom. The predicted octanol–water partition coefficient (Wildman–Crippen LogP) is 2.34. The second-order valence-electron chi connectivity index (χ2n) is 12.2. The fourth-order valence-electron chi connectivity index (χ4n) is 6.24. The minimum Gasteiger partial charge on any atom is -0.444 e. The van der Waals surface area contributed by atoms with E-state index in [1.807, 2.05) is 31.9 Å². The summed E-state index contributed by atoms with van der Waals surface area (Å²) >= 11 is 6.01. The van der Waals surface area contributed by atoms with Gasteiger partial charge in [0, 0.05) is 56.9 Å². The molecule has 8 unspecified atom stereocenters. The molecule has 1 amide bonds. The maximum atomic E-state index is 14.6. The topological polar surface area (TPSA) is 106 Å². The van der Waals surface area contributed by atoms with E-state index in [-0.39, 0.29) is 30.5 Å². The largest absolute Gasteiger partial charge is 0.444 e. The zero-order valence-electron chi connectivity index (χ0n) is 22.7. The van der Waals surface area contributed by atoms with Crippen LogP contribution in [0.5, 0.6) is 0 Å². The highest BCUT2D eigenvalue weighted by molar-refractivity contribution is 6.24. The summed E-state index contributed by atoms with van der Waals surface area (Å²) in [4.78, 5) is 29.5. The van der Waals surface area contributed by atoms with Crippen molar-refractivity contribution in [3.8, 4) is 0 Å². The number of piperazine rings is 1. The SMILES string of the molecule is CC(C)(C)OC(=O)N1CCN(CC2CC=NC(NC3NC4CCC(C5=NC=NC(Cl)C5F)CC4N3)C2)CC1. The van der Waals surface area contributed by atoms with Gasteiger partial charge in [-0.1, -0.05) is 11.6 Å². The lowest BCUT2D eigenvalue weighted by atomic mass is 9.79. The van der Waals surface area contributed by atoms with Gasteiger partial charge in [-0.3, -0.25) is 30.8 Å². The van der Waals surface area contributed by atoms with E-state index < -0.39 is 17.3 Å². The summed E-state index contributed by atoms with van der Waals surface area (Å²) in [6.45, 7) is 9.83. The second kappa shape index (κ2) is 11.8. The Balaban J connectivity index is 1.05. The fraction of sp³-hybridized carbons (Fsp3) is 0.846. The van der Waals surface area contributed by atoms with Crippen molar-refractivity contribution >= 4 is 36.0 Å². The highest BCUT2D eigenvalue weighted by Gasteiger charge is 2.42. The van der Waals surface area contributed by atoms with E-state index in [1.54, 1.807) is 0 Å². The molecule has 3 N–H and O–H groups in total. The zero-order chi connectivity index (χ0) is 26.9. The van der Waals surface area contributed by atoms with Crippen molar-refractivity contribution in [3.05, 3.63) is 0 Å². The molecule has 12 heteroatoms. The summed E-state index contributed by atoms with van der Waals surface area (Å²) in [5.74, 6) is 0.599. The van der Waals surface area contributed by atoms with Crippen LogP contribution in [0.25, 0.3) is 0 Å². The molecule has 0 aromatic rings. The summed E-state index contributed by atoms with van der Waals surface area (Å²) in [7, 11) is 0. The summed E-state index contributed by atoms with van der Waals surface area (Å²) in [6.07, 6.45) is 6.57. The number of ether oxygens (including phenoxy) is 1. The first-order valence-electron chi connectivity index (χ1n) is 14.0. The molecule has 8 atom stereocenters. The molecule has 5 rings (SSSR count). The molecule has 2 saturated heterocycles. The van der Waals surface area contributed by atoms with Crippen molar-refractivity contribution in [1.82, 2.24) is 25.8 Å². The Morgan fingerprint density at radius 2 is 1.92 bits per heavy atom. The van der Waals surface area contributed by atoms with Crippen molar-refractivity contribution in [3.63, 3.8) is 0 Å². The molecule has 3 fully saturated rings. The molecule has 0 spiro atoms. The number of rotatable bonds is 5. The summed E-state index contributed by atoms with van der Waals surface area (Å²) in [5.41, 5.74) is -0.788. The van der Waals surface area contributed by atoms with Crippen LogP contribution in [0.2, 0.25) is 0 Å². The van der Waals surface area contributed by atoms with Crippen LogP contribution in [0.1, 0.15) is 52.9 Å². The first kappa shape index (κ1) is 27.9. The normalized spacial score (nSPS) is 38.1. The third-order valence-corrected chi connectivity index (χ3v) is 8.48. The Labute approximate surface area is 229 Å². The van der Waals surface area contributed by atoms with Crippen LogP contribution in [0.15, 0.2) is 15.0 Å². The van der Waals surface area contributed by atoms with E-state index in [9.17, 15) is 9.18 Å². The number of amides is 1. The van der Waals surface area contributed by atoms with Gasteiger partial charge in [0.2, 0.25) is 0 Å². The van der Waals surface area contributed by atoms with Crippen molar-refractivity contribution < 1.29 is 13.9 Å². The minimum atomic E-state index is -1.31. The molecule has 4 heterocycles. The molecule has 1 aliphatic carbocycles. The fourth-order valence-corrected chi connectivity index (χ4v) is 6.42. The van der Waals surface area contributed by atoms with E-state index >= 15 is 0 Å². The summed E-state index contributed by atoms with van der Waals surface area (Å²) in [6, 6.07) is 0.592. The third-order valence-electron chi connectivity index (χ3n) is 8.15. The highest BCUT2D eigenvalue weighted by atomic mass is 35.5. The molecule has 4 aliphatic heterocycles. The van der Waals surface area contributed by atoms with Gasteiger partial charge in [-0.05, 0) is 58.8 Å². The van der Waals surface area contributed by atoms with E-state index in [1.165, 1.54) is 6.34 Å². The lowest BCUT2D eigenvalue weighted by molar-refractivity contribution is 0.0131. The lowest BCUT2D eigenvalue weighted by Gasteiger charge is -2.38. The second-order valence-corrected chi connectivity index (χ2v) is 12.6. The number of nitrogens with zero attached hydrogens (tertiary/aromatic N) is 5. The van der Waals surface area contributed by atoms with Gasteiger partial charge in [0.05, 0.1) is 5.71 Å². The smallest absolute Gasteiger partial charge is 0.410 e. The van der Waals surface area contributed by atoms with Gasteiger partial charge in [-0.2, -0.15) is 0 Å². The first-order valence-corrected chi connectivity index (χ1v) is 14.5. The molecular weight excluding hydrogens is 511 g/mol. The van der Waals surface area contributed by atoms with Gasteiger partial charge in [0.25, 0.3) is 0 Å². The van der Waals surface area contributed by atoms with E-state index in [0.29, 0.717) is 30.8 Å². The molecule has 10 nitrogen and oxygen atoms in total. The molecular formula is C26H42ClFN8O2. The number of carbonyl (C=O) groups is 1. The van der Waals surface area contributed by atoms with Crippen LogP contribution in [-0.2, 0) is 4.74 Å². The van der Waals surface area contributed by atoms with Gasteiger partial charge in [-0.15, -0.1) is 0 Å². The zero-order valence-corrected chi connectivity index (χ0v) is 23.4. The third kappa shape index (κ3) is 6.91. The van der Waals surface area contributed by atoms with Gasteiger partial charge in [-0.25, -0.2) is 14.2 Å². The molecule has 0 aromatic carbocycles. The Bertz CT molecular complexity index is 935. The minimum absolute atomic E-state index is 0.0289. The standard InChI is InChI=1S/C26H42ClFN8O2/c1-26(2,3)38-25(37)36-10-8-35(9-11-36)14-16-6-7-29-20(12-16)34-24-32-18-5-4-17(13-19(18)33-24)22-21(28)23(27)31-15-30-22/h7,15-21,23-24,32-34H,4-6,8-14H2,1-3H3. The van der Waals surface area contributed by atoms with Crippen molar-refractivity contribution in [2.24, 2.45) is 26.8 Å². The average molecular weight is 553 g/mol. The van der Waals surface area contributed by atoms with E-state index in [2.05, 4.69) is 30.8 Å². The molecule has 212 valence electrons. The number of alkyl halides is 2. The Hall–Kier alpha value is -1.66. The Morgan fingerprint density at radius 1 is 1.16 bits per heavy atom. The highest BCUT2D eigenvalue weighted by Crippen LogP contribution is 2.32. The number of hydrogen-bond acceptors (Lipinski definition) is 9. The van der Waals surface area contributed by atoms with E-state index in [0.717, 1.165) is 51.7 Å². The van der Waals surface area contributed by atoms with Crippen LogP contribution in [0, 0.1) is 11.8 Å². The number of carbonyl (C=O) groups excluding carboxylic acids is 1. The van der Waals surface area contributed by atoms with Gasteiger partial charge in [0.15, 0.2) is 11.7 Å². The van der Waals surface area contributed by atoms with Crippen LogP contribution in [0.3, 0.4) is 0 Å². The average Bonchev–Trinajstić information content (AvgIpc) is 3.27. The van der Waals surface area contributed by atoms with Crippen molar-refractivity contribution in [2.45, 2.75) is 94.7 Å². The van der Waals surface area contributed by atoms with Gasteiger partial charge >= 0.3 is 6.09 Å². The number of fused-ring (bicyclic) bond motifs is 1. The number of aliphatic imine (C=N–C) groups is 3. The number of hydrogen-bond donors (Lipinski definition) is 3. The Kier molecular flexibility index (Phi) is 8.69. The molecule has 0 bridgehead atoms. The van der Waals surface area contributed by atoms with Crippen molar-refractivity contribution in [1.29, 1.82) is 0 Å². The summed E-state index contributed by atoms with van der Waals surface area (Å²) in [5, 5.41) is 11.0. The van der Waals surface area contributed by atoms with Gasteiger partial charge in [0.1, 0.15) is 24.4 Å². The van der Waals surface area contributed by atoms with Crippen LogP contribution in [0.4, 0.5) is 9.18 Å². The number of nitrogens with one attached hydrogen (secondary N) is 3. The first-order chi connectivity index (χ1) is 18.1. The lowest BCUT2D eigenvalue weighted by Crippen LogP contribution is -2.53. The maximum Gasteiger partial charge on any atom is 0.410 e. The molecule has 5 aliphatic rings. The van der Waals surface area contributed by atoms with E-state index in [4.69, 9.17) is 21.3 Å². The van der Waals surface area contributed by atoms with Crippen LogP contribution < -0.4 is 16.0 Å². The van der Waals surface area contributed by atoms with Crippen LogP contribution in [-0.4, -0.2) is 109 Å². The number of halogens is 2. The summed E-state index contributed by atoms with van der Waals surface area (Å²) < 4.78 is 20.1. The molecule has 0 aromatic heterocycles. The molecule has 1 saturated carbocycles. The van der Waals surface area contributed by atoms with Gasteiger partial charge < -0.3 is 9.64 Å². The van der Waals surface area contributed by atoms with Crippen molar-refractivity contribution in [2.75, 3.05) is 32.7 Å².